The van der Waals surface area contributed by atoms with Crippen molar-refractivity contribution in [3.63, 3.8) is 0 Å². The van der Waals surface area contributed by atoms with Gasteiger partial charge in [0.25, 0.3) is 5.91 Å². The minimum absolute atomic E-state index is 0.0177. The van der Waals surface area contributed by atoms with E-state index in [1.807, 2.05) is 27.7 Å². The molecule has 0 saturated carbocycles. The minimum atomic E-state index is -0.630. The Bertz CT molecular complexity index is 955. The number of ether oxygens (including phenoxy) is 3. The van der Waals surface area contributed by atoms with E-state index in [4.69, 9.17) is 14.2 Å². The zero-order chi connectivity index (χ0) is 21.9. The second-order valence-corrected chi connectivity index (χ2v) is 7.70. The Morgan fingerprint density at radius 3 is 2.50 bits per heavy atom. The average molecular weight is 412 g/mol. The van der Waals surface area contributed by atoms with Gasteiger partial charge in [0, 0.05) is 24.4 Å². The molecule has 2 aromatic carbocycles. The number of nitrogens with zero attached hydrogens (tertiary/aromatic N) is 1. The fourth-order valence-corrected chi connectivity index (χ4v) is 3.26. The van der Waals surface area contributed by atoms with Crippen molar-refractivity contribution < 1.29 is 23.8 Å². The number of carbonyl (C=O) groups is 2. The number of amides is 2. The lowest BCUT2D eigenvalue weighted by Gasteiger charge is -2.24. The fourth-order valence-electron chi connectivity index (χ4n) is 3.26. The van der Waals surface area contributed by atoms with Gasteiger partial charge >= 0.3 is 0 Å². The zero-order valence-electron chi connectivity index (χ0n) is 18.1. The van der Waals surface area contributed by atoms with Crippen LogP contribution in [0.15, 0.2) is 36.4 Å². The van der Waals surface area contributed by atoms with Crippen molar-refractivity contribution in [1.82, 2.24) is 0 Å². The van der Waals surface area contributed by atoms with Gasteiger partial charge < -0.3 is 24.4 Å². The smallest absolute Gasteiger partial charge is 0.255 e. The van der Waals surface area contributed by atoms with E-state index in [0.29, 0.717) is 47.4 Å². The van der Waals surface area contributed by atoms with Crippen LogP contribution < -0.4 is 24.4 Å². The molecule has 0 aliphatic carbocycles. The van der Waals surface area contributed by atoms with Gasteiger partial charge in [0.1, 0.15) is 12.4 Å². The second-order valence-electron chi connectivity index (χ2n) is 7.70. The van der Waals surface area contributed by atoms with Gasteiger partial charge in [-0.3, -0.25) is 9.59 Å². The molecular weight excluding hydrogens is 384 g/mol. The second kappa shape index (κ2) is 8.65. The van der Waals surface area contributed by atoms with E-state index in [1.54, 1.807) is 48.3 Å². The van der Waals surface area contributed by atoms with Crippen LogP contribution in [0.4, 0.5) is 11.4 Å². The predicted octanol–water partition coefficient (Wildman–Crippen LogP) is 4.12. The third-order valence-corrected chi connectivity index (χ3v) is 4.86. The Morgan fingerprint density at radius 1 is 1.10 bits per heavy atom. The fraction of sp³-hybridized carbons (Fsp3) is 0.391. The number of hydrogen-bond acceptors (Lipinski definition) is 5. The predicted molar refractivity (Wildman–Crippen MR) is 116 cm³/mol. The summed E-state index contributed by atoms with van der Waals surface area (Å²) in [6.07, 6.45) is 0. The molecular formula is C23H28N2O5. The third kappa shape index (κ3) is 4.35. The summed E-state index contributed by atoms with van der Waals surface area (Å²) in [6, 6.07) is 10.3. The van der Waals surface area contributed by atoms with Crippen molar-refractivity contribution in [3.8, 4) is 17.2 Å². The normalized spacial score (nSPS) is 15.0. The highest BCUT2D eigenvalue weighted by atomic mass is 16.5. The number of rotatable bonds is 6. The Kier molecular flexibility index (Phi) is 6.20. The Balaban J connectivity index is 1.82. The maximum Gasteiger partial charge on any atom is 0.255 e. The number of nitrogens with one attached hydrogen (secondary N) is 1. The molecule has 7 nitrogen and oxygen atoms in total. The standard InChI is InChI=1S/C23H28N2O5/c1-6-28-18-11-8-15(12-20(18)29-7-2)21(26)24-16-9-10-17-19(13-16)30-14-23(3,4)22(27)25(17)5/h8-13H,6-7,14H2,1-5H3,(H,24,26). The van der Waals surface area contributed by atoms with Crippen LogP contribution in [0.5, 0.6) is 17.2 Å². The third-order valence-electron chi connectivity index (χ3n) is 4.86. The molecule has 1 aliphatic heterocycles. The summed E-state index contributed by atoms with van der Waals surface area (Å²) < 4.78 is 17.0. The maximum absolute atomic E-state index is 12.8. The highest BCUT2D eigenvalue weighted by Crippen LogP contribution is 2.37. The van der Waals surface area contributed by atoms with E-state index >= 15 is 0 Å². The molecule has 1 N–H and O–H groups in total. The van der Waals surface area contributed by atoms with Gasteiger partial charge in [-0.2, -0.15) is 0 Å². The van der Waals surface area contributed by atoms with Gasteiger partial charge in [-0.25, -0.2) is 0 Å². The highest BCUT2D eigenvalue weighted by molar-refractivity contribution is 6.05. The summed E-state index contributed by atoms with van der Waals surface area (Å²) in [7, 11) is 1.73. The molecule has 0 saturated heterocycles. The van der Waals surface area contributed by atoms with E-state index in [-0.39, 0.29) is 18.4 Å². The molecule has 3 rings (SSSR count). The minimum Gasteiger partial charge on any atom is -0.490 e. The Morgan fingerprint density at radius 2 is 1.80 bits per heavy atom. The number of fused-ring (bicyclic) bond motifs is 1. The number of anilines is 2. The van der Waals surface area contributed by atoms with Crippen LogP contribution in [0, 0.1) is 5.41 Å². The van der Waals surface area contributed by atoms with Crippen LogP contribution in [0.3, 0.4) is 0 Å². The number of benzene rings is 2. The molecule has 160 valence electrons. The summed E-state index contributed by atoms with van der Waals surface area (Å²) in [5.41, 5.74) is 1.07. The van der Waals surface area contributed by atoms with Crippen molar-refractivity contribution >= 4 is 23.2 Å². The quantitative estimate of drug-likeness (QED) is 0.772. The summed E-state index contributed by atoms with van der Waals surface area (Å²) in [5, 5.41) is 2.88. The van der Waals surface area contributed by atoms with Gasteiger partial charge in [0.2, 0.25) is 5.91 Å². The summed E-state index contributed by atoms with van der Waals surface area (Å²) in [6.45, 7) is 8.70. The first-order valence-corrected chi connectivity index (χ1v) is 10.0. The molecule has 2 amide bonds. The van der Waals surface area contributed by atoms with Crippen LogP contribution >= 0.6 is 0 Å². The molecule has 7 heteroatoms. The molecule has 0 spiro atoms. The lowest BCUT2D eigenvalue weighted by atomic mass is 9.93. The Labute approximate surface area is 176 Å². The molecule has 0 unspecified atom stereocenters. The van der Waals surface area contributed by atoms with E-state index < -0.39 is 5.41 Å². The molecule has 0 fully saturated rings. The summed E-state index contributed by atoms with van der Waals surface area (Å²) in [4.78, 5) is 27.0. The molecule has 30 heavy (non-hydrogen) atoms. The number of hydrogen-bond donors (Lipinski definition) is 1. The first kappa shape index (κ1) is 21.5. The molecule has 0 bridgehead atoms. The van der Waals surface area contributed by atoms with Crippen LogP contribution in [-0.2, 0) is 4.79 Å². The highest BCUT2D eigenvalue weighted by Gasteiger charge is 2.36. The molecule has 0 atom stereocenters. The van der Waals surface area contributed by atoms with E-state index in [0.717, 1.165) is 0 Å². The van der Waals surface area contributed by atoms with Gasteiger partial charge in [-0.05, 0) is 58.0 Å². The van der Waals surface area contributed by atoms with Crippen LogP contribution in [-0.4, -0.2) is 38.7 Å². The first-order valence-electron chi connectivity index (χ1n) is 10.0. The van der Waals surface area contributed by atoms with Crippen molar-refractivity contribution in [2.75, 3.05) is 37.1 Å². The topological polar surface area (TPSA) is 77.1 Å². The SMILES string of the molecule is CCOc1ccc(C(=O)Nc2ccc3c(c2)OCC(C)(C)C(=O)N3C)cc1OCC. The monoisotopic (exact) mass is 412 g/mol. The molecule has 1 aliphatic rings. The van der Waals surface area contributed by atoms with Gasteiger partial charge in [-0.15, -0.1) is 0 Å². The molecule has 0 radical (unpaired) electrons. The first-order chi connectivity index (χ1) is 14.3. The van der Waals surface area contributed by atoms with Crippen LogP contribution in [0.1, 0.15) is 38.1 Å². The lowest BCUT2D eigenvalue weighted by molar-refractivity contribution is -0.127. The molecule has 0 aromatic heterocycles. The van der Waals surface area contributed by atoms with Crippen molar-refractivity contribution in [2.24, 2.45) is 5.41 Å². The summed E-state index contributed by atoms with van der Waals surface area (Å²) >= 11 is 0. The average Bonchev–Trinajstić information content (AvgIpc) is 2.80. The van der Waals surface area contributed by atoms with Gasteiger partial charge in [0.05, 0.1) is 24.3 Å². The summed E-state index contributed by atoms with van der Waals surface area (Å²) in [5.74, 6) is 1.38. The van der Waals surface area contributed by atoms with E-state index in [9.17, 15) is 9.59 Å². The maximum atomic E-state index is 12.8. The molecule has 1 heterocycles. The van der Waals surface area contributed by atoms with Gasteiger partial charge in [0.15, 0.2) is 11.5 Å². The number of carbonyl (C=O) groups excluding carboxylic acids is 2. The van der Waals surface area contributed by atoms with Crippen molar-refractivity contribution in [2.45, 2.75) is 27.7 Å². The van der Waals surface area contributed by atoms with Crippen LogP contribution in [0.25, 0.3) is 0 Å². The van der Waals surface area contributed by atoms with Gasteiger partial charge in [-0.1, -0.05) is 0 Å². The van der Waals surface area contributed by atoms with Crippen LogP contribution in [0.2, 0.25) is 0 Å². The Hall–Kier alpha value is -3.22. The lowest BCUT2D eigenvalue weighted by Crippen LogP contribution is -2.39. The van der Waals surface area contributed by atoms with E-state index in [2.05, 4.69) is 5.32 Å². The van der Waals surface area contributed by atoms with E-state index in [1.165, 1.54) is 0 Å². The largest absolute Gasteiger partial charge is 0.490 e. The van der Waals surface area contributed by atoms with Crippen molar-refractivity contribution in [3.05, 3.63) is 42.0 Å². The zero-order valence-corrected chi connectivity index (χ0v) is 18.1. The van der Waals surface area contributed by atoms with Crippen molar-refractivity contribution in [1.29, 1.82) is 0 Å². The molecule has 2 aromatic rings.